The van der Waals surface area contributed by atoms with Crippen molar-refractivity contribution in [3.05, 3.63) is 53.1 Å². The van der Waals surface area contributed by atoms with E-state index in [1.165, 1.54) is 23.1 Å². The minimum Gasteiger partial charge on any atom is -0.477 e. The van der Waals surface area contributed by atoms with Gasteiger partial charge in [-0.1, -0.05) is 6.92 Å². The molecule has 208 valence electrons. The predicted octanol–water partition coefficient (Wildman–Crippen LogP) is 5.26. The maximum atomic E-state index is 15.6. The lowest BCUT2D eigenvalue weighted by atomic mass is 10.0. The molecule has 0 unspecified atom stereocenters. The Labute approximate surface area is 234 Å². The van der Waals surface area contributed by atoms with E-state index in [2.05, 4.69) is 9.97 Å². The Bertz CT molecular complexity index is 1580. The molecule has 5 rings (SSSR count). The summed E-state index contributed by atoms with van der Waals surface area (Å²) < 4.78 is 55.4. The average Bonchev–Trinajstić information content (AvgIpc) is 3.05. The number of benzene rings is 2. The van der Waals surface area contributed by atoms with Gasteiger partial charge in [0.05, 0.1) is 42.5 Å². The molecule has 12 heteroatoms. The van der Waals surface area contributed by atoms with Gasteiger partial charge in [-0.25, -0.2) is 18.2 Å². The van der Waals surface area contributed by atoms with E-state index in [1.54, 1.807) is 26.0 Å². The largest absolute Gasteiger partial charge is 0.477 e. The summed E-state index contributed by atoms with van der Waals surface area (Å²) >= 11 is 5.68. The quantitative estimate of drug-likeness (QED) is 0.356. The third kappa shape index (κ3) is 4.63. The number of aromatic nitrogens is 2. The molecule has 0 bridgehead atoms. The lowest BCUT2D eigenvalue weighted by Crippen LogP contribution is -2.44. The number of ether oxygens (including phenoxy) is 2. The molecular formula is C28H26F3N5O3S. The molecule has 3 aromatic rings. The third-order valence-electron chi connectivity index (χ3n) is 7.01. The van der Waals surface area contributed by atoms with Gasteiger partial charge in [-0.05, 0) is 56.4 Å². The minimum absolute atomic E-state index is 0.0380. The van der Waals surface area contributed by atoms with Crippen molar-refractivity contribution in [1.82, 2.24) is 9.97 Å². The van der Waals surface area contributed by atoms with Crippen molar-refractivity contribution in [2.45, 2.75) is 45.6 Å². The number of hydrogen-bond donors (Lipinski definition) is 0. The zero-order chi connectivity index (χ0) is 29.0. The van der Waals surface area contributed by atoms with Crippen LogP contribution in [0.4, 0.5) is 24.5 Å². The summed E-state index contributed by atoms with van der Waals surface area (Å²) in [5.41, 5.74) is -1.66. The van der Waals surface area contributed by atoms with Crippen LogP contribution in [0.1, 0.15) is 44.6 Å². The molecule has 2 fully saturated rings. The monoisotopic (exact) mass is 569 g/mol. The first-order chi connectivity index (χ1) is 18.9. The molecule has 0 atom stereocenters. The number of alkyl halides is 2. The number of nitrogens with zero attached hydrogens (tertiary/aromatic N) is 5. The third-order valence-corrected chi connectivity index (χ3v) is 7.38. The molecule has 8 nitrogen and oxygen atoms in total. The van der Waals surface area contributed by atoms with Crippen LogP contribution >= 0.6 is 12.2 Å². The Morgan fingerprint density at radius 1 is 1.23 bits per heavy atom. The first-order valence-corrected chi connectivity index (χ1v) is 13.1. The highest BCUT2D eigenvalue weighted by atomic mass is 32.1. The van der Waals surface area contributed by atoms with Gasteiger partial charge in [0.25, 0.3) is 11.8 Å². The number of fused-ring (bicyclic) bond motifs is 1. The second kappa shape index (κ2) is 9.98. The van der Waals surface area contributed by atoms with Crippen LogP contribution in [0.3, 0.4) is 0 Å². The number of hydrogen-bond acceptors (Lipinski definition) is 7. The van der Waals surface area contributed by atoms with Crippen LogP contribution in [0.25, 0.3) is 10.9 Å². The van der Waals surface area contributed by atoms with Gasteiger partial charge in [-0.15, -0.1) is 0 Å². The minimum atomic E-state index is -3.33. The average molecular weight is 570 g/mol. The number of rotatable bonds is 7. The van der Waals surface area contributed by atoms with E-state index < -0.39 is 28.7 Å². The molecule has 0 radical (unpaired) electrons. The van der Waals surface area contributed by atoms with Crippen molar-refractivity contribution in [3.63, 3.8) is 0 Å². The molecule has 0 saturated carbocycles. The van der Waals surface area contributed by atoms with Crippen LogP contribution in [0, 0.1) is 23.1 Å². The van der Waals surface area contributed by atoms with Crippen LogP contribution in [0.5, 0.6) is 5.88 Å². The molecule has 0 spiro atoms. The highest BCUT2D eigenvalue weighted by molar-refractivity contribution is 7.81. The van der Waals surface area contributed by atoms with E-state index in [4.69, 9.17) is 21.7 Å². The molecule has 2 saturated heterocycles. The molecular weight excluding hydrogens is 543 g/mol. The van der Waals surface area contributed by atoms with E-state index in [-0.39, 0.29) is 39.4 Å². The molecule has 0 N–H and O–H groups in total. The number of thiocarbonyl (C=S) groups is 1. The zero-order valence-electron chi connectivity index (χ0n) is 22.3. The summed E-state index contributed by atoms with van der Waals surface area (Å²) in [6.45, 7) is 7.21. The van der Waals surface area contributed by atoms with Crippen LogP contribution in [-0.2, 0) is 21.9 Å². The molecule has 2 aliphatic heterocycles. The molecule has 40 heavy (non-hydrogen) atoms. The van der Waals surface area contributed by atoms with Gasteiger partial charge < -0.3 is 14.4 Å². The van der Waals surface area contributed by atoms with E-state index in [0.717, 1.165) is 11.0 Å². The summed E-state index contributed by atoms with van der Waals surface area (Å²) in [5.74, 6) is -3.66. The van der Waals surface area contributed by atoms with Gasteiger partial charge in [-0.2, -0.15) is 10.2 Å². The standard InChI is InChI=1S/C28H26F3N5O3S/c1-5-22-33-23-19(24(34-22)39-14-15-12-38-13-15)8-18(10-21(23)29)36-26(40)35(25(37)27(36,2)3)17-7-6-16(11-32)20(9-17)28(4,30)31/h6-10,15H,5,12-14H2,1-4H3. The normalized spacial score (nSPS) is 17.4. The Morgan fingerprint density at radius 3 is 2.55 bits per heavy atom. The molecule has 1 amide bonds. The predicted molar refractivity (Wildman–Crippen MR) is 146 cm³/mol. The lowest BCUT2D eigenvalue weighted by Gasteiger charge is -2.30. The van der Waals surface area contributed by atoms with Crippen LogP contribution in [0.2, 0.25) is 0 Å². The second-order valence-corrected chi connectivity index (χ2v) is 10.7. The van der Waals surface area contributed by atoms with Gasteiger partial charge in [0.1, 0.15) is 16.9 Å². The first kappa shape index (κ1) is 27.7. The Hall–Kier alpha value is -3.82. The van der Waals surface area contributed by atoms with E-state index in [9.17, 15) is 18.8 Å². The summed E-state index contributed by atoms with van der Waals surface area (Å²) in [6.07, 6.45) is 0.468. The summed E-state index contributed by atoms with van der Waals surface area (Å²) in [4.78, 5) is 25.1. The number of carbonyl (C=O) groups excluding carboxylic acids is 1. The van der Waals surface area contributed by atoms with Crippen molar-refractivity contribution < 1.29 is 27.4 Å². The summed E-state index contributed by atoms with van der Waals surface area (Å²) in [7, 11) is 0. The number of aryl methyl sites for hydroxylation is 1. The Kier molecular flexibility index (Phi) is 6.92. The maximum Gasteiger partial charge on any atom is 0.271 e. The molecule has 0 aliphatic carbocycles. The smallest absolute Gasteiger partial charge is 0.271 e. The fourth-order valence-electron chi connectivity index (χ4n) is 4.76. The first-order valence-electron chi connectivity index (χ1n) is 12.7. The number of carbonyl (C=O) groups is 1. The SMILES string of the molecule is CCc1nc(OCC2COC2)c2cc(N3C(=S)N(c4ccc(C#N)c(C(C)(F)F)c4)C(=O)C3(C)C)cc(F)c2n1. The van der Waals surface area contributed by atoms with Gasteiger partial charge >= 0.3 is 0 Å². The van der Waals surface area contributed by atoms with Crippen LogP contribution in [0.15, 0.2) is 30.3 Å². The molecule has 2 aliphatic rings. The maximum absolute atomic E-state index is 15.6. The summed E-state index contributed by atoms with van der Waals surface area (Å²) in [6, 6.07) is 8.29. The summed E-state index contributed by atoms with van der Waals surface area (Å²) in [5, 5.41) is 9.58. The highest BCUT2D eigenvalue weighted by Crippen LogP contribution is 2.41. The number of nitriles is 1. The molecule has 3 heterocycles. The fraction of sp³-hybridized carbons (Fsp3) is 0.393. The zero-order valence-corrected chi connectivity index (χ0v) is 23.1. The lowest BCUT2D eigenvalue weighted by molar-refractivity contribution is -0.120. The van der Waals surface area contributed by atoms with Crippen molar-refractivity contribution in [3.8, 4) is 11.9 Å². The van der Waals surface area contributed by atoms with Gasteiger partial charge in [0.2, 0.25) is 5.88 Å². The van der Waals surface area contributed by atoms with E-state index >= 15 is 4.39 Å². The van der Waals surface area contributed by atoms with Crippen LogP contribution < -0.4 is 14.5 Å². The van der Waals surface area contributed by atoms with Crippen molar-refractivity contribution in [1.29, 1.82) is 5.26 Å². The van der Waals surface area contributed by atoms with Gasteiger partial charge in [-0.3, -0.25) is 9.69 Å². The van der Waals surface area contributed by atoms with E-state index in [1.807, 2.05) is 6.92 Å². The van der Waals surface area contributed by atoms with Crippen molar-refractivity contribution in [2.24, 2.45) is 5.92 Å². The van der Waals surface area contributed by atoms with Gasteiger partial charge in [0.15, 0.2) is 10.9 Å². The second-order valence-electron chi connectivity index (χ2n) is 10.4. The number of amides is 1. The molecule has 1 aromatic heterocycles. The Morgan fingerprint density at radius 2 is 1.95 bits per heavy atom. The van der Waals surface area contributed by atoms with E-state index in [0.29, 0.717) is 44.4 Å². The topological polar surface area (TPSA) is 91.6 Å². The number of anilines is 2. The molecule has 2 aromatic carbocycles. The van der Waals surface area contributed by atoms with Gasteiger partial charge in [0, 0.05) is 30.5 Å². The fourth-order valence-corrected chi connectivity index (χ4v) is 5.28. The number of halogens is 3. The highest BCUT2D eigenvalue weighted by Gasteiger charge is 2.51. The van der Waals surface area contributed by atoms with Crippen LogP contribution in [-0.4, -0.2) is 46.3 Å². The van der Waals surface area contributed by atoms with Crippen molar-refractivity contribution in [2.75, 3.05) is 29.6 Å². The van der Waals surface area contributed by atoms with Crippen molar-refractivity contribution >= 4 is 45.5 Å². The Balaban J connectivity index is 1.60.